The minimum atomic E-state index is -3.32. The van der Waals surface area contributed by atoms with Crippen LogP contribution >= 0.6 is 11.3 Å². The van der Waals surface area contributed by atoms with Gasteiger partial charge in [-0.3, -0.25) is 0 Å². The van der Waals surface area contributed by atoms with Crippen LogP contribution in [0.4, 0.5) is 0 Å². The molecule has 2 aliphatic rings. The fraction of sp³-hybridized carbons (Fsp3) is 0.733. The van der Waals surface area contributed by atoms with Crippen molar-refractivity contribution >= 4 is 21.4 Å². The van der Waals surface area contributed by atoms with Crippen molar-refractivity contribution in [3.63, 3.8) is 0 Å². The Balaban J connectivity index is 1.45. The maximum absolute atomic E-state index is 12.2. The number of piperidine rings is 2. The Morgan fingerprint density at radius 3 is 2.77 bits per heavy atom. The summed E-state index contributed by atoms with van der Waals surface area (Å²) in [5, 5.41) is 5.26. The number of hydrogen-bond donors (Lipinski definition) is 2. The fourth-order valence-electron chi connectivity index (χ4n) is 3.37. The molecule has 2 N–H and O–H groups in total. The molecule has 0 radical (unpaired) electrons. The summed E-state index contributed by atoms with van der Waals surface area (Å²) in [5.41, 5.74) is 0. The first-order valence-electron chi connectivity index (χ1n) is 8.12. The van der Waals surface area contributed by atoms with Crippen molar-refractivity contribution in [3.8, 4) is 0 Å². The summed E-state index contributed by atoms with van der Waals surface area (Å²) >= 11 is 1.27. The molecule has 124 valence electrons. The zero-order valence-corrected chi connectivity index (χ0v) is 14.5. The molecule has 0 bridgehead atoms. The molecule has 0 aromatic carbocycles. The van der Waals surface area contributed by atoms with Crippen LogP contribution in [-0.4, -0.2) is 52.1 Å². The normalized spacial score (nSPS) is 25.4. The van der Waals surface area contributed by atoms with E-state index in [0.29, 0.717) is 4.21 Å². The molecule has 3 rings (SSSR count). The standard InChI is InChI=1S/C15H25N3O2S2/c19-22(20,15-4-2-10-21-15)17-14-5-8-18(9-6-14)12-13-3-1-7-16-11-13/h2,4,10,13-14,16-17H,1,3,5-9,11-12H2. The van der Waals surface area contributed by atoms with E-state index in [2.05, 4.69) is 14.9 Å². The van der Waals surface area contributed by atoms with E-state index >= 15 is 0 Å². The van der Waals surface area contributed by atoms with Crippen LogP contribution in [0, 0.1) is 5.92 Å². The van der Waals surface area contributed by atoms with Gasteiger partial charge in [-0.2, -0.15) is 0 Å². The molecule has 2 aliphatic heterocycles. The van der Waals surface area contributed by atoms with Crippen LogP contribution in [0.5, 0.6) is 0 Å². The number of nitrogens with zero attached hydrogens (tertiary/aromatic N) is 1. The lowest BCUT2D eigenvalue weighted by atomic mass is 9.97. The minimum Gasteiger partial charge on any atom is -0.316 e. The van der Waals surface area contributed by atoms with E-state index in [0.717, 1.165) is 51.5 Å². The Morgan fingerprint density at radius 1 is 1.32 bits per heavy atom. The van der Waals surface area contributed by atoms with Crippen molar-refractivity contribution in [2.45, 2.75) is 35.9 Å². The lowest BCUT2D eigenvalue weighted by molar-refractivity contribution is 0.166. The van der Waals surface area contributed by atoms with Crippen molar-refractivity contribution in [1.82, 2.24) is 14.9 Å². The minimum absolute atomic E-state index is 0.0767. The monoisotopic (exact) mass is 343 g/mol. The SMILES string of the molecule is O=S(=O)(NC1CCN(CC2CCCNC2)CC1)c1cccs1. The summed E-state index contributed by atoms with van der Waals surface area (Å²) in [6.45, 7) is 5.42. The summed E-state index contributed by atoms with van der Waals surface area (Å²) in [6.07, 6.45) is 4.41. The van der Waals surface area contributed by atoms with E-state index in [-0.39, 0.29) is 6.04 Å². The van der Waals surface area contributed by atoms with Crippen LogP contribution < -0.4 is 10.0 Å². The van der Waals surface area contributed by atoms with E-state index < -0.39 is 10.0 Å². The number of likely N-dealkylation sites (tertiary alicyclic amines) is 1. The van der Waals surface area contributed by atoms with Crippen LogP contribution in [0.2, 0.25) is 0 Å². The topological polar surface area (TPSA) is 61.4 Å². The third kappa shape index (κ3) is 4.29. The van der Waals surface area contributed by atoms with E-state index in [9.17, 15) is 8.42 Å². The van der Waals surface area contributed by atoms with E-state index in [1.807, 2.05) is 0 Å². The number of hydrogen-bond acceptors (Lipinski definition) is 5. The van der Waals surface area contributed by atoms with Gasteiger partial charge in [0.25, 0.3) is 0 Å². The molecule has 0 spiro atoms. The number of rotatable bonds is 5. The quantitative estimate of drug-likeness (QED) is 0.850. The van der Waals surface area contributed by atoms with Gasteiger partial charge >= 0.3 is 0 Å². The van der Waals surface area contributed by atoms with Crippen molar-refractivity contribution in [3.05, 3.63) is 17.5 Å². The van der Waals surface area contributed by atoms with Gasteiger partial charge in [-0.25, -0.2) is 13.1 Å². The lowest BCUT2D eigenvalue weighted by Gasteiger charge is -2.35. The van der Waals surface area contributed by atoms with E-state index in [1.54, 1.807) is 17.5 Å². The average Bonchev–Trinajstić information content (AvgIpc) is 3.05. The zero-order valence-electron chi connectivity index (χ0n) is 12.8. The van der Waals surface area contributed by atoms with Crippen LogP contribution in [0.3, 0.4) is 0 Å². The van der Waals surface area contributed by atoms with Gasteiger partial charge in [0.2, 0.25) is 10.0 Å². The molecule has 7 heteroatoms. The molecule has 0 amide bonds. The first-order chi connectivity index (χ1) is 10.6. The molecular weight excluding hydrogens is 318 g/mol. The van der Waals surface area contributed by atoms with Gasteiger partial charge in [-0.1, -0.05) is 6.07 Å². The fourth-order valence-corrected chi connectivity index (χ4v) is 5.69. The predicted molar refractivity (Wildman–Crippen MR) is 89.7 cm³/mol. The molecule has 2 fully saturated rings. The van der Waals surface area contributed by atoms with Crippen molar-refractivity contribution in [2.24, 2.45) is 5.92 Å². The highest BCUT2D eigenvalue weighted by molar-refractivity contribution is 7.91. The molecule has 0 saturated carbocycles. The van der Waals surface area contributed by atoms with Crippen molar-refractivity contribution in [2.75, 3.05) is 32.7 Å². The largest absolute Gasteiger partial charge is 0.316 e. The summed E-state index contributed by atoms with van der Waals surface area (Å²) in [7, 11) is -3.32. The van der Waals surface area contributed by atoms with Crippen LogP contribution in [0.15, 0.2) is 21.7 Å². The van der Waals surface area contributed by atoms with Crippen LogP contribution in [-0.2, 0) is 10.0 Å². The highest BCUT2D eigenvalue weighted by atomic mass is 32.2. The number of sulfonamides is 1. The van der Waals surface area contributed by atoms with Gasteiger partial charge in [0.05, 0.1) is 0 Å². The summed E-state index contributed by atoms with van der Waals surface area (Å²) in [5.74, 6) is 0.758. The molecule has 1 aromatic rings. The molecule has 1 aromatic heterocycles. The van der Waals surface area contributed by atoms with E-state index in [4.69, 9.17) is 0 Å². The Kier molecular flexibility index (Phi) is 5.51. The van der Waals surface area contributed by atoms with Crippen molar-refractivity contribution < 1.29 is 8.42 Å². The van der Waals surface area contributed by atoms with Gasteiger partial charge in [0.15, 0.2) is 0 Å². The van der Waals surface area contributed by atoms with Gasteiger partial charge in [0.1, 0.15) is 4.21 Å². The second kappa shape index (κ2) is 7.40. The molecular formula is C15H25N3O2S2. The van der Waals surface area contributed by atoms with Gasteiger partial charge in [0, 0.05) is 12.6 Å². The van der Waals surface area contributed by atoms with Crippen LogP contribution in [0.25, 0.3) is 0 Å². The van der Waals surface area contributed by atoms with Crippen molar-refractivity contribution in [1.29, 1.82) is 0 Å². The molecule has 2 saturated heterocycles. The highest BCUT2D eigenvalue weighted by Gasteiger charge is 2.26. The Hall–Kier alpha value is -0.470. The van der Waals surface area contributed by atoms with Gasteiger partial charge in [-0.15, -0.1) is 11.3 Å². The lowest BCUT2D eigenvalue weighted by Crippen LogP contribution is -2.47. The number of thiophene rings is 1. The first-order valence-corrected chi connectivity index (χ1v) is 10.5. The number of nitrogens with one attached hydrogen (secondary N) is 2. The second-order valence-electron chi connectivity index (χ2n) is 6.34. The Morgan fingerprint density at radius 2 is 2.14 bits per heavy atom. The Bertz CT molecular complexity index is 545. The second-order valence-corrected chi connectivity index (χ2v) is 9.23. The molecule has 5 nitrogen and oxygen atoms in total. The maximum atomic E-state index is 12.2. The third-order valence-corrected chi connectivity index (χ3v) is 7.50. The first kappa shape index (κ1) is 16.4. The molecule has 22 heavy (non-hydrogen) atoms. The predicted octanol–water partition coefficient (Wildman–Crippen LogP) is 1.49. The molecule has 1 atom stereocenters. The average molecular weight is 344 g/mol. The van der Waals surface area contributed by atoms with Crippen LogP contribution in [0.1, 0.15) is 25.7 Å². The zero-order chi connectivity index (χ0) is 15.4. The molecule has 3 heterocycles. The Labute approximate surface area is 137 Å². The highest BCUT2D eigenvalue weighted by Crippen LogP contribution is 2.20. The maximum Gasteiger partial charge on any atom is 0.250 e. The van der Waals surface area contributed by atoms with Gasteiger partial charge < -0.3 is 10.2 Å². The van der Waals surface area contributed by atoms with E-state index in [1.165, 1.54) is 24.2 Å². The molecule has 0 aliphatic carbocycles. The summed E-state index contributed by atoms with van der Waals surface area (Å²) in [4.78, 5) is 2.49. The summed E-state index contributed by atoms with van der Waals surface area (Å²) < 4.78 is 27.8. The smallest absolute Gasteiger partial charge is 0.250 e. The van der Waals surface area contributed by atoms with Gasteiger partial charge in [-0.05, 0) is 69.2 Å². The third-order valence-electron chi connectivity index (χ3n) is 4.58. The summed E-state index contributed by atoms with van der Waals surface area (Å²) in [6, 6.07) is 3.52. The molecule has 1 unspecified atom stereocenters.